The lowest BCUT2D eigenvalue weighted by Gasteiger charge is -2.12. The Morgan fingerprint density at radius 2 is 1.81 bits per heavy atom. The normalized spacial score (nSPS) is 15.0. The zero-order chi connectivity index (χ0) is 19.4. The van der Waals surface area contributed by atoms with Gasteiger partial charge in [-0.3, -0.25) is 9.59 Å². The summed E-state index contributed by atoms with van der Waals surface area (Å²) in [5.41, 5.74) is 1.42. The Morgan fingerprint density at radius 1 is 1.15 bits per heavy atom. The number of carbonyl (C=O) groups is 3. The monoisotopic (exact) mass is 429 g/mol. The standard InChI is InChI=1S/C19H16BrN3O4/c1-27-15-8-6-14(7-9-15)21-17(24)11-23-18(25)16(22-19(23)26)10-12-2-4-13(20)5-3-12/h2-10H,11H2,1H3,(H,21,24)(H,22,26)/b16-10-. The van der Waals surface area contributed by atoms with Crippen molar-refractivity contribution in [3.05, 3.63) is 64.3 Å². The molecule has 0 spiro atoms. The number of anilines is 1. The number of hydrogen-bond donors (Lipinski definition) is 2. The summed E-state index contributed by atoms with van der Waals surface area (Å²) in [6.07, 6.45) is 1.56. The summed E-state index contributed by atoms with van der Waals surface area (Å²) in [5, 5.41) is 5.13. The molecule has 0 saturated carbocycles. The van der Waals surface area contributed by atoms with E-state index in [1.807, 2.05) is 12.1 Å². The molecule has 7 nitrogen and oxygen atoms in total. The van der Waals surface area contributed by atoms with Crippen LogP contribution < -0.4 is 15.4 Å². The lowest BCUT2D eigenvalue weighted by atomic mass is 10.2. The molecule has 1 aliphatic rings. The van der Waals surface area contributed by atoms with Gasteiger partial charge in [-0.25, -0.2) is 9.69 Å². The molecule has 1 fully saturated rings. The predicted molar refractivity (Wildman–Crippen MR) is 104 cm³/mol. The number of nitrogens with one attached hydrogen (secondary N) is 2. The first-order chi connectivity index (χ1) is 13.0. The second-order valence-electron chi connectivity index (χ2n) is 5.71. The summed E-state index contributed by atoms with van der Waals surface area (Å²) >= 11 is 3.33. The number of urea groups is 1. The number of hydrogen-bond acceptors (Lipinski definition) is 4. The highest BCUT2D eigenvalue weighted by Crippen LogP contribution is 2.18. The van der Waals surface area contributed by atoms with Gasteiger partial charge in [0.1, 0.15) is 18.0 Å². The molecule has 0 unspecified atom stereocenters. The largest absolute Gasteiger partial charge is 0.497 e. The van der Waals surface area contributed by atoms with Crippen LogP contribution in [-0.2, 0) is 9.59 Å². The second-order valence-corrected chi connectivity index (χ2v) is 6.62. The summed E-state index contributed by atoms with van der Waals surface area (Å²) in [7, 11) is 1.55. The first-order valence-corrected chi connectivity index (χ1v) is 8.79. The van der Waals surface area contributed by atoms with Crippen molar-refractivity contribution in [1.82, 2.24) is 10.2 Å². The summed E-state index contributed by atoms with van der Waals surface area (Å²) in [6, 6.07) is 13.4. The van der Waals surface area contributed by atoms with Crippen molar-refractivity contribution in [2.75, 3.05) is 19.0 Å². The van der Waals surface area contributed by atoms with E-state index in [0.717, 1.165) is 14.9 Å². The zero-order valence-electron chi connectivity index (χ0n) is 14.4. The number of imide groups is 1. The lowest BCUT2D eigenvalue weighted by molar-refractivity contribution is -0.127. The van der Waals surface area contributed by atoms with Gasteiger partial charge in [-0.1, -0.05) is 28.1 Å². The highest BCUT2D eigenvalue weighted by atomic mass is 79.9. The lowest BCUT2D eigenvalue weighted by Crippen LogP contribution is -2.38. The molecule has 0 aliphatic carbocycles. The number of amides is 4. The number of nitrogens with zero attached hydrogens (tertiary/aromatic N) is 1. The first-order valence-electron chi connectivity index (χ1n) is 8.00. The fraction of sp³-hybridized carbons (Fsp3) is 0.105. The third kappa shape index (κ3) is 4.53. The third-order valence-corrected chi connectivity index (χ3v) is 4.35. The van der Waals surface area contributed by atoms with Crippen LogP contribution in [0.5, 0.6) is 5.75 Å². The molecule has 1 aliphatic heterocycles. The molecule has 2 aromatic rings. The molecule has 1 heterocycles. The van der Waals surface area contributed by atoms with Gasteiger partial charge in [-0.05, 0) is 48.0 Å². The zero-order valence-corrected chi connectivity index (χ0v) is 15.9. The highest BCUT2D eigenvalue weighted by molar-refractivity contribution is 9.10. The molecule has 0 bridgehead atoms. The molecule has 27 heavy (non-hydrogen) atoms. The maximum atomic E-state index is 12.4. The van der Waals surface area contributed by atoms with Crippen LogP contribution in [0.2, 0.25) is 0 Å². The number of carbonyl (C=O) groups excluding carboxylic acids is 3. The molecule has 0 atom stereocenters. The number of methoxy groups -OCH3 is 1. The van der Waals surface area contributed by atoms with Gasteiger partial charge in [-0.15, -0.1) is 0 Å². The number of rotatable bonds is 5. The van der Waals surface area contributed by atoms with Crippen molar-refractivity contribution < 1.29 is 19.1 Å². The maximum absolute atomic E-state index is 12.4. The average molecular weight is 430 g/mol. The van der Waals surface area contributed by atoms with Gasteiger partial charge in [-0.2, -0.15) is 0 Å². The van der Waals surface area contributed by atoms with E-state index in [2.05, 4.69) is 26.6 Å². The Bertz CT molecular complexity index is 908. The molecule has 2 N–H and O–H groups in total. The van der Waals surface area contributed by atoms with Crippen molar-refractivity contribution in [2.45, 2.75) is 0 Å². The second kappa shape index (κ2) is 8.05. The number of halogens is 1. The minimum Gasteiger partial charge on any atom is -0.497 e. The van der Waals surface area contributed by atoms with Crippen molar-refractivity contribution in [3.63, 3.8) is 0 Å². The quantitative estimate of drug-likeness (QED) is 0.564. The van der Waals surface area contributed by atoms with Crippen molar-refractivity contribution >= 4 is 45.5 Å². The fourth-order valence-electron chi connectivity index (χ4n) is 2.46. The van der Waals surface area contributed by atoms with Crippen LogP contribution in [-0.4, -0.2) is 36.4 Å². The summed E-state index contributed by atoms with van der Waals surface area (Å²) in [4.78, 5) is 37.5. The van der Waals surface area contributed by atoms with E-state index < -0.39 is 17.8 Å². The molecule has 138 valence electrons. The van der Waals surface area contributed by atoms with E-state index >= 15 is 0 Å². The molecule has 2 aromatic carbocycles. The molecule has 8 heteroatoms. The van der Waals surface area contributed by atoms with E-state index in [1.165, 1.54) is 0 Å². The van der Waals surface area contributed by atoms with Crippen LogP contribution in [0, 0.1) is 0 Å². The molecular weight excluding hydrogens is 414 g/mol. The van der Waals surface area contributed by atoms with Crippen molar-refractivity contribution in [3.8, 4) is 5.75 Å². The van der Waals surface area contributed by atoms with E-state index in [9.17, 15) is 14.4 Å². The Labute approximate surface area is 164 Å². The Kier molecular flexibility index (Phi) is 5.56. The summed E-state index contributed by atoms with van der Waals surface area (Å²) in [6.45, 7) is -0.381. The first kappa shape index (κ1) is 18.7. The third-order valence-electron chi connectivity index (χ3n) is 3.82. The van der Waals surface area contributed by atoms with Crippen molar-refractivity contribution in [1.29, 1.82) is 0 Å². The van der Waals surface area contributed by atoms with Gasteiger partial charge < -0.3 is 15.4 Å². The topological polar surface area (TPSA) is 87.7 Å². The van der Waals surface area contributed by atoms with Gasteiger partial charge in [0, 0.05) is 10.2 Å². The average Bonchev–Trinajstić information content (AvgIpc) is 2.91. The SMILES string of the molecule is COc1ccc(NC(=O)CN2C(=O)N/C(=C\c3ccc(Br)cc3)C2=O)cc1. The van der Waals surface area contributed by atoms with E-state index in [0.29, 0.717) is 11.4 Å². The smallest absolute Gasteiger partial charge is 0.329 e. The van der Waals surface area contributed by atoms with Gasteiger partial charge in [0.05, 0.1) is 7.11 Å². The Hall–Kier alpha value is -3.13. The maximum Gasteiger partial charge on any atom is 0.329 e. The minimum absolute atomic E-state index is 0.125. The van der Waals surface area contributed by atoms with E-state index in [4.69, 9.17) is 4.74 Å². The van der Waals surface area contributed by atoms with Gasteiger partial charge in [0.2, 0.25) is 5.91 Å². The molecule has 0 aromatic heterocycles. The molecular formula is C19H16BrN3O4. The fourth-order valence-corrected chi connectivity index (χ4v) is 2.72. The van der Waals surface area contributed by atoms with Gasteiger partial charge in [0.25, 0.3) is 5.91 Å². The predicted octanol–water partition coefficient (Wildman–Crippen LogP) is 2.99. The van der Waals surface area contributed by atoms with Crippen LogP contribution in [0.4, 0.5) is 10.5 Å². The van der Waals surface area contributed by atoms with Crippen LogP contribution in [0.25, 0.3) is 6.08 Å². The van der Waals surface area contributed by atoms with Gasteiger partial charge in [0.15, 0.2) is 0 Å². The Morgan fingerprint density at radius 3 is 2.44 bits per heavy atom. The highest BCUT2D eigenvalue weighted by Gasteiger charge is 2.34. The molecule has 0 radical (unpaired) electrons. The molecule has 1 saturated heterocycles. The van der Waals surface area contributed by atoms with Crippen LogP contribution in [0.1, 0.15) is 5.56 Å². The van der Waals surface area contributed by atoms with Crippen LogP contribution in [0.3, 0.4) is 0 Å². The van der Waals surface area contributed by atoms with Crippen LogP contribution >= 0.6 is 15.9 Å². The number of ether oxygens (including phenoxy) is 1. The minimum atomic E-state index is -0.631. The summed E-state index contributed by atoms with van der Waals surface area (Å²) < 4.78 is 5.96. The van der Waals surface area contributed by atoms with Crippen LogP contribution in [0.15, 0.2) is 58.7 Å². The van der Waals surface area contributed by atoms with Gasteiger partial charge >= 0.3 is 6.03 Å². The van der Waals surface area contributed by atoms with E-state index in [-0.39, 0.29) is 12.2 Å². The molecule has 3 rings (SSSR count). The van der Waals surface area contributed by atoms with Crippen molar-refractivity contribution in [2.24, 2.45) is 0 Å². The number of benzene rings is 2. The Balaban J connectivity index is 1.65. The van der Waals surface area contributed by atoms with E-state index in [1.54, 1.807) is 49.6 Å². The summed E-state index contributed by atoms with van der Waals surface area (Å²) in [5.74, 6) is -0.369. The molecule has 4 amide bonds.